The Morgan fingerprint density at radius 3 is 1.56 bits per heavy atom. The first-order chi connectivity index (χ1) is 28.8. The zero-order valence-electron chi connectivity index (χ0n) is 36.7. The smallest absolute Gasteiger partial charge is 0.306 e. The zero-order valence-corrected chi connectivity index (χ0v) is 36.7. The largest absolute Gasteiger partial charge is 0.462 e. The number of esters is 2. The van der Waals surface area contributed by atoms with Gasteiger partial charge in [0.25, 0.3) is 0 Å². The van der Waals surface area contributed by atoms with E-state index in [0.717, 1.165) is 44.9 Å². The van der Waals surface area contributed by atoms with Gasteiger partial charge in [0.15, 0.2) is 12.4 Å². The summed E-state index contributed by atoms with van der Waals surface area (Å²) in [6, 6.07) is 0. The Balaban J connectivity index is 2.39. The molecule has 0 aromatic rings. The van der Waals surface area contributed by atoms with E-state index in [4.69, 9.17) is 18.9 Å². The van der Waals surface area contributed by atoms with E-state index in [9.17, 15) is 30.0 Å². The average molecular weight is 831 g/mol. The van der Waals surface area contributed by atoms with E-state index in [2.05, 4.69) is 74.6 Å². The molecule has 2 unspecified atom stereocenters. The molecule has 59 heavy (non-hydrogen) atoms. The molecule has 1 saturated heterocycles. The molecular formula is C49H82O10. The lowest BCUT2D eigenvalue weighted by Crippen LogP contribution is -2.59. The minimum atomic E-state index is -1.61. The Morgan fingerprint density at radius 2 is 1.00 bits per heavy atom. The summed E-state index contributed by atoms with van der Waals surface area (Å²) in [4.78, 5) is 25.3. The van der Waals surface area contributed by atoms with Crippen molar-refractivity contribution in [3.8, 4) is 0 Å². The number of aliphatic hydroxyl groups excluding tert-OH is 4. The summed E-state index contributed by atoms with van der Waals surface area (Å²) >= 11 is 0. The standard InChI is InChI=1S/C49H82O10/c1-3-5-7-9-11-13-15-17-19-20-21-22-24-26-28-30-32-34-36-38-45(52)58-42(41-57-49-48(55)47(54)46(53)43(39-50)59-49)40-56-44(51)37-35-33-31-29-27-25-23-18-16-14-12-10-8-6-4-2/h10-13,17,19,21-22,26,28,32,34,42-43,46-50,53-55H,3-9,14-16,18,20,23-25,27,29-31,33,35-41H2,1-2H3/b12-10+,13-11+,19-17+,22-21+,28-26+,34-32+/t42-,43-,46+,47?,48?,49-/m1/s1. The number of carbonyl (C=O) groups is 2. The number of aliphatic hydroxyl groups is 4. The Kier molecular flexibility index (Phi) is 36.1. The van der Waals surface area contributed by atoms with Gasteiger partial charge in [0.05, 0.1) is 13.2 Å². The van der Waals surface area contributed by atoms with E-state index in [1.54, 1.807) is 0 Å². The molecular weight excluding hydrogens is 749 g/mol. The van der Waals surface area contributed by atoms with Gasteiger partial charge in [0, 0.05) is 12.8 Å². The van der Waals surface area contributed by atoms with Gasteiger partial charge in [-0.2, -0.15) is 0 Å². The summed E-state index contributed by atoms with van der Waals surface area (Å²) in [5.74, 6) is -0.910. The van der Waals surface area contributed by atoms with Crippen molar-refractivity contribution in [2.75, 3.05) is 19.8 Å². The second-order valence-electron chi connectivity index (χ2n) is 15.5. The van der Waals surface area contributed by atoms with Gasteiger partial charge < -0.3 is 39.4 Å². The van der Waals surface area contributed by atoms with Crippen LogP contribution in [0.4, 0.5) is 0 Å². The molecule has 338 valence electrons. The summed E-state index contributed by atoms with van der Waals surface area (Å²) in [5.41, 5.74) is 0. The highest BCUT2D eigenvalue weighted by atomic mass is 16.7. The van der Waals surface area contributed by atoms with Crippen LogP contribution in [0.15, 0.2) is 72.9 Å². The number of allylic oxidation sites excluding steroid dienone is 12. The molecule has 0 saturated carbocycles. The first-order valence-electron chi connectivity index (χ1n) is 23.0. The molecule has 0 aromatic carbocycles. The molecule has 1 heterocycles. The maximum atomic E-state index is 12.7. The van der Waals surface area contributed by atoms with Gasteiger partial charge >= 0.3 is 11.9 Å². The molecule has 4 N–H and O–H groups in total. The molecule has 0 radical (unpaired) electrons. The SMILES string of the molecule is CCCC/C=C/CCCCCCCCCCCC(=O)OC[C@H](CO[C@@H]1O[C@H](CO)[C@H](O)C(O)C1O)OC(=O)CC/C=C/C/C=C/C/C=C/C/C=C/C/C=C/CCCCC. The zero-order chi connectivity index (χ0) is 43.0. The van der Waals surface area contributed by atoms with Crippen LogP contribution < -0.4 is 0 Å². The first kappa shape index (κ1) is 54.2. The Labute approximate surface area is 357 Å². The van der Waals surface area contributed by atoms with Crippen LogP contribution in [0.25, 0.3) is 0 Å². The van der Waals surface area contributed by atoms with Gasteiger partial charge in [0.2, 0.25) is 0 Å². The highest BCUT2D eigenvalue weighted by molar-refractivity contribution is 5.70. The second kappa shape index (κ2) is 39.3. The molecule has 1 fully saturated rings. The number of ether oxygens (including phenoxy) is 4. The van der Waals surface area contributed by atoms with Crippen LogP contribution >= 0.6 is 0 Å². The molecule has 1 aliphatic rings. The second-order valence-corrected chi connectivity index (χ2v) is 15.5. The molecule has 10 heteroatoms. The predicted octanol–water partition coefficient (Wildman–Crippen LogP) is 10.00. The fraction of sp³-hybridized carbons (Fsp3) is 0.714. The molecule has 0 spiro atoms. The van der Waals surface area contributed by atoms with Crippen molar-refractivity contribution in [1.29, 1.82) is 0 Å². The van der Waals surface area contributed by atoms with E-state index in [-0.39, 0.29) is 26.1 Å². The summed E-state index contributed by atoms with van der Waals surface area (Å²) in [7, 11) is 0. The van der Waals surface area contributed by atoms with Gasteiger partial charge in [-0.15, -0.1) is 0 Å². The van der Waals surface area contributed by atoms with E-state index in [0.29, 0.717) is 12.8 Å². The predicted molar refractivity (Wildman–Crippen MR) is 238 cm³/mol. The average Bonchev–Trinajstić information content (AvgIpc) is 3.23. The Hall–Kier alpha value is -2.86. The van der Waals surface area contributed by atoms with Crippen LogP contribution in [0.5, 0.6) is 0 Å². The van der Waals surface area contributed by atoms with Crippen LogP contribution in [0.3, 0.4) is 0 Å². The van der Waals surface area contributed by atoms with E-state index in [1.807, 2.05) is 12.2 Å². The van der Waals surface area contributed by atoms with Crippen molar-refractivity contribution in [1.82, 2.24) is 0 Å². The van der Waals surface area contributed by atoms with E-state index >= 15 is 0 Å². The lowest BCUT2D eigenvalue weighted by molar-refractivity contribution is -0.305. The summed E-state index contributed by atoms with van der Waals surface area (Å²) < 4.78 is 22.1. The van der Waals surface area contributed by atoms with Crippen LogP contribution in [0.1, 0.15) is 168 Å². The molecule has 0 amide bonds. The normalized spacial score (nSPS) is 20.7. The number of hydrogen-bond donors (Lipinski definition) is 4. The summed E-state index contributed by atoms with van der Waals surface area (Å²) in [6.45, 7) is 3.28. The summed E-state index contributed by atoms with van der Waals surface area (Å²) in [5, 5.41) is 40.1. The lowest BCUT2D eigenvalue weighted by atomic mass is 9.99. The Morgan fingerprint density at radius 1 is 0.525 bits per heavy atom. The third-order valence-corrected chi connectivity index (χ3v) is 10.1. The maximum Gasteiger partial charge on any atom is 0.306 e. The molecule has 6 atom stereocenters. The van der Waals surface area contributed by atoms with Crippen molar-refractivity contribution in [2.24, 2.45) is 0 Å². The third kappa shape index (κ3) is 30.8. The number of carbonyl (C=O) groups excluding carboxylic acids is 2. The van der Waals surface area contributed by atoms with E-state index < -0.39 is 55.4 Å². The number of hydrogen-bond acceptors (Lipinski definition) is 10. The fourth-order valence-electron chi connectivity index (χ4n) is 6.39. The van der Waals surface area contributed by atoms with E-state index in [1.165, 1.54) is 83.5 Å². The van der Waals surface area contributed by atoms with Gasteiger partial charge in [-0.05, 0) is 70.6 Å². The molecule has 10 nitrogen and oxygen atoms in total. The number of rotatable bonds is 37. The maximum absolute atomic E-state index is 12.7. The van der Waals surface area contributed by atoms with Crippen molar-refractivity contribution >= 4 is 11.9 Å². The van der Waals surface area contributed by atoms with Gasteiger partial charge in [-0.25, -0.2) is 0 Å². The molecule has 1 aliphatic heterocycles. The number of unbranched alkanes of at least 4 members (excludes halogenated alkanes) is 14. The topological polar surface area (TPSA) is 152 Å². The molecule has 0 aromatic heterocycles. The highest BCUT2D eigenvalue weighted by Gasteiger charge is 2.44. The molecule has 1 rings (SSSR count). The summed E-state index contributed by atoms with van der Waals surface area (Å²) in [6.07, 6.45) is 42.0. The van der Waals surface area contributed by atoms with Crippen LogP contribution in [0.2, 0.25) is 0 Å². The van der Waals surface area contributed by atoms with Gasteiger partial charge in [-0.3, -0.25) is 9.59 Å². The molecule has 0 aliphatic carbocycles. The quantitative estimate of drug-likeness (QED) is 0.0271. The monoisotopic (exact) mass is 831 g/mol. The van der Waals surface area contributed by atoms with Crippen molar-refractivity contribution < 1.29 is 49.0 Å². The van der Waals surface area contributed by atoms with Crippen molar-refractivity contribution in [2.45, 2.75) is 205 Å². The van der Waals surface area contributed by atoms with Gasteiger partial charge in [0.1, 0.15) is 31.0 Å². The minimum absolute atomic E-state index is 0.103. The fourth-order valence-corrected chi connectivity index (χ4v) is 6.39. The van der Waals surface area contributed by atoms with Crippen molar-refractivity contribution in [3.05, 3.63) is 72.9 Å². The Bertz CT molecular complexity index is 1190. The van der Waals surface area contributed by atoms with Crippen LogP contribution in [0, 0.1) is 0 Å². The highest BCUT2D eigenvalue weighted by Crippen LogP contribution is 2.22. The minimum Gasteiger partial charge on any atom is -0.462 e. The van der Waals surface area contributed by atoms with Crippen LogP contribution in [-0.4, -0.2) is 89.0 Å². The first-order valence-corrected chi connectivity index (χ1v) is 23.0. The van der Waals surface area contributed by atoms with Crippen LogP contribution in [-0.2, 0) is 28.5 Å². The lowest BCUT2D eigenvalue weighted by Gasteiger charge is -2.39. The third-order valence-electron chi connectivity index (χ3n) is 10.1. The molecule has 0 bridgehead atoms. The van der Waals surface area contributed by atoms with Gasteiger partial charge in [-0.1, -0.05) is 157 Å². The van der Waals surface area contributed by atoms with Crippen molar-refractivity contribution in [3.63, 3.8) is 0 Å².